The van der Waals surface area contributed by atoms with Crippen molar-refractivity contribution in [2.45, 2.75) is 19.8 Å². The number of methoxy groups -OCH3 is 1. The van der Waals surface area contributed by atoms with E-state index in [0.717, 1.165) is 24.0 Å². The fraction of sp³-hybridized carbons (Fsp3) is 0.308. The number of rotatable bonds is 4. The first-order valence-corrected chi connectivity index (χ1v) is 5.06. The maximum Gasteiger partial charge on any atom is 0.337 e. The van der Waals surface area contributed by atoms with Crippen molar-refractivity contribution in [3.05, 3.63) is 41.5 Å². The first-order valence-electron chi connectivity index (χ1n) is 5.06. The van der Waals surface area contributed by atoms with E-state index >= 15 is 0 Å². The van der Waals surface area contributed by atoms with Crippen molar-refractivity contribution in [1.82, 2.24) is 0 Å². The summed E-state index contributed by atoms with van der Waals surface area (Å²) in [6.45, 7) is 5.86. The summed E-state index contributed by atoms with van der Waals surface area (Å²) in [6, 6.07) is 5.55. The van der Waals surface area contributed by atoms with Gasteiger partial charge in [-0.15, -0.1) is 0 Å². The molecule has 1 aromatic rings. The third-order valence-corrected chi connectivity index (χ3v) is 2.30. The Kier molecular flexibility index (Phi) is 4.10. The molecule has 0 bridgehead atoms. The zero-order chi connectivity index (χ0) is 11.3. The van der Waals surface area contributed by atoms with Crippen molar-refractivity contribution in [3.63, 3.8) is 0 Å². The minimum Gasteiger partial charge on any atom is -0.465 e. The highest BCUT2D eigenvalue weighted by Gasteiger charge is 2.07. The van der Waals surface area contributed by atoms with Crippen LogP contribution >= 0.6 is 0 Å². The van der Waals surface area contributed by atoms with E-state index in [2.05, 4.69) is 18.2 Å². The molecule has 0 atom stereocenters. The third kappa shape index (κ3) is 2.69. The zero-order valence-corrected chi connectivity index (χ0v) is 9.25. The van der Waals surface area contributed by atoms with E-state index in [1.807, 2.05) is 18.2 Å². The van der Waals surface area contributed by atoms with Crippen molar-refractivity contribution < 1.29 is 9.53 Å². The molecule has 0 N–H and O–H groups in total. The Hall–Kier alpha value is -1.57. The normalized spacial score (nSPS) is 9.73. The molecule has 0 radical (unpaired) electrons. The Bertz CT molecular complexity index is 367. The summed E-state index contributed by atoms with van der Waals surface area (Å²) in [6.07, 6.45) is 3.81. The minimum absolute atomic E-state index is 0.289. The van der Waals surface area contributed by atoms with Crippen LogP contribution in [0.25, 0.3) is 6.08 Å². The van der Waals surface area contributed by atoms with Crippen molar-refractivity contribution in [1.29, 1.82) is 0 Å². The second-order valence-corrected chi connectivity index (χ2v) is 3.36. The highest BCUT2D eigenvalue weighted by molar-refractivity contribution is 5.89. The molecule has 0 saturated carbocycles. The van der Waals surface area contributed by atoms with Crippen LogP contribution in [-0.2, 0) is 11.2 Å². The Morgan fingerprint density at radius 1 is 1.53 bits per heavy atom. The van der Waals surface area contributed by atoms with Crippen molar-refractivity contribution >= 4 is 12.0 Å². The van der Waals surface area contributed by atoms with Gasteiger partial charge < -0.3 is 4.74 Å². The Morgan fingerprint density at radius 2 is 2.27 bits per heavy atom. The molecular formula is C13H16O2. The highest BCUT2D eigenvalue weighted by Crippen LogP contribution is 2.16. The van der Waals surface area contributed by atoms with Crippen molar-refractivity contribution in [2.75, 3.05) is 7.11 Å². The van der Waals surface area contributed by atoms with Gasteiger partial charge in [-0.3, -0.25) is 0 Å². The molecule has 2 heteroatoms. The number of carbonyl (C=O) groups is 1. The number of esters is 1. The lowest BCUT2D eigenvalue weighted by atomic mass is 10.0. The molecule has 0 aliphatic carbocycles. The summed E-state index contributed by atoms with van der Waals surface area (Å²) < 4.78 is 4.68. The van der Waals surface area contributed by atoms with Gasteiger partial charge in [0.15, 0.2) is 0 Å². The lowest BCUT2D eigenvalue weighted by Gasteiger charge is -2.07. The molecule has 0 amide bonds. The largest absolute Gasteiger partial charge is 0.465 e. The summed E-state index contributed by atoms with van der Waals surface area (Å²) in [5.41, 5.74) is 2.84. The maximum atomic E-state index is 11.3. The van der Waals surface area contributed by atoms with Crippen LogP contribution in [0.15, 0.2) is 24.8 Å². The van der Waals surface area contributed by atoms with Gasteiger partial charge in [0.1, 0.15) is 0 Å². The van der Waals surface area contributed by atoms with Crippen LogP contribution in [0.1, 0.15) is 34.8 Å². The summed E-state index contributed by atoms with van der Waals surface area (Å²) in [5, 5.41) is 0. The second-order valence-electron chi connectivity index (χ2n) is 3.36. The molecule has 0 unspecified atom stereocenters. The Labute approximate surface area is 90.6 Å². The van der Waals surface area contributed by atoms with Crippen LogP contribution in [0.4, 0.5) is 0 Å². The average molecular weight is 204 g/mol. The molecule has 1 aromatic carbocycles. The lowest BCUT2D eigenvalue weighted by Crippen LogP contribution is -2.02. The first kappa shape index (κ1) is 11.5. The quantitative estimate of drug-likeness (QED) is 0.704. The SMILES string of the molecule is C=Cc1ccc(C(=O)OC)cc1CCC. The fourth-order valence-electron chi connectivity index (χ4n) is 1.54. The summed E-state index contributed by atoms with van der Waals surface area (Å²) in [4.78, 5) is 11.3. The summed E-state index contributed by atoms with van der Waals surface area (Å²) >= 11 is 0. The number of hydrogen-bond donors (Lipinski definition) is 0. The number of carbonyl (C=O) groups excluding carboxylic acids is 1. The van der Waals surface area contributed by atoms with Gasteiger partial charge in [0.05, 0.1) is 12.7 Å². The smallest absolute Gasteiger partial charge is 0.337 e. The fourth-order valence-corrected chi connectivity index (χ4v) is 1.54. The molecule has 0 saturated heterocycles. The molecule has 15 heavy (non-hydrogen) atoms. The van der Waals surface area contributed by atoms with Gasteiger partial charge >= 0.3 is 5.97 Å². The van der Waals surface area contributed by atoms with Crippen molar-refractivity contribution in [2.24, 2.45) is 0 Å². The van der Waals surface area contributed by atoms with Crippen LogP contribution < -0.4 is 0 Å². The van der Waals surface area contributed by atoms with E-state index in [4.69, 9.17) is 0 Å². The van der Waals surface area contributed by atoms with E-state index in [0.29, 0.717) is 5.56 Å². The second kappa shape index (κ2) is 5.35. The molecule has 0 heterocycles. The number of aryl methyl sites for hydroxylation is 1. The summed E-state index contributed by atoms with van der Waals surface area (Å²) in [5.74, 6) is -0.289. The van der Waals surface area contributed by atoms with E-state index in [1.165, 1.54) is 7.11 Å². The standard InChI is InChI=1S/C13H16O2/c1-4-6-11-9-12(13(14)15-3)8-7-10(11)5-2/h5,7-9H,2,4,6H2,1,3H3. The van der Waals surface area contributed by atoms with E-state index < -0.39 is 0 Å². The zero-order valence-electron chi connectivity index (χ0n) is 9.25. The molecular weight excluding hydrogens is 188 g/mol. The molecule has 0 aliphatic heterocycles. The van der Waals surface area contributed by atoms with E-state index in [1.54, 1.807) is 6.07 Å². The third-order valence-electron chi connectivity index (χ3n) is 2.30. The van der Waals surface area contributed by atoms with Crippen LogP contribution in [0, 0.1) is 0 Å². The molecule has 1 rings (SSSR count). The monoisotopic (exact) mass is 204 g/mol. The first-order chi connectivity index (χ1) is 7.22. The van der Waals surface area contributed by atoms with Crippen LogP contribution in [0.2, 0.25) is 0 Å². The molecule has 80 valence electrons. The average Bonchev–Trinajstić information content (AvgIpc) is 2.28. The van der Waals surface area contributed by atoms with Gasteiger partial charge in [-0.25, -0.2) is 4.79 Å². The molecule has 0 fully saturated rings. The van der Waals surface area contributed by atoms with Gasteiger partial charge in [-0.2, -0.15) is 0 Å². The van der Waals surface area contributed by atoms with Crippen molar-refractivity contribution in [3.8, 4) is 0 Å². The maximum absolute atomic E-state index is 11.3. The van der Waals surface area contributed by atoms with Gasteiger partial charge in [-0.1, -0.05) is 32.1 Å². The van der Waals surface area contributed by atoms with Gasteiger partial charge in [0.2, 0.25) is 0 Å². The Balaban J connectivity index is 3.09. The van der Waals surface area contributed by atoms with Crippen LogP contribution in [0.5, 0.6) is 0 Å². The Morgan fingerprint density at radius 3 is 2.80 bits per heavy atom. The summed E-state index contributed by atoms with van der Waals surface area (Å²) in [7, 11) is 1.39. The van der Waals surface area contributed by atoms with Crippen LogP contribution in [-0.4, -0.2) is 13.1 Å². The topological polar surface area (TPSA) is 26.3 Å². The lowest BCUT2D eigenvalue weighted by molar-refractivity contribution is 0.0600. The van der Waals surface area contributed by atoms with Gasteiger partial charge in [-0.05, 0) is 29.7 Å². The molecule has 2 nitrogen and oxygen atoms in total. The predicted octanol–water partition coefficient (Wildman–Crippen LogP) is 3.07. The van der Waals surface area contributed by atoms with E-state index in [-0.39, 0.29) is 5.97 Å². The number of benzene rings is 1. The molecule has 0 spiro atoms. The van der Waals surface area contributed by atoms with Gasteiger partial charge in [0, 0.05) is 0 Å². The van der Waals surface area contributed by atoms with Crippen LogP contribution in [0.3, 0.4) is 0 Å². The predicted molar refractivity (Wildman–Crippen MR) is 61.9 cm³/mol. The number of hydrogen-bond acceptors (Lipinski definition) is 2. The van der Waals surface area contributed by atoms with E-state index in [9.17, 15) is 4.79 Å². The number of ether oxygens (including phenoxy) is 1. The molecule has 0 aromatic heterocycles. The van der Waals surface area contributed by atoms with Gasteiger partial charge in [0.25, 0.3) is 0 Å². The highest BCUT2D eigenvalue weighted by atomic mass is 16.5. The minimum atomic E-state index is -0.289. The molecule has 0 aliphatic rings.